The van der Waals surface area contributed by atoms with Crippen LogP contribution in [0.25, 0.3) is 0 Å². The summed E-state index contributed by atoms with van der Waals surface area (Å²) in [5.74, 6) is 1.21. The number of anilines is 2. The van der Waals surface area contributed by atoms with Gasteiger partial charge >= 0.3 is 0 Å². The highest BCUT2D eigenvalue weighted by molar-refractivity contribution is 6.02. The molecule has 20 heavy (non-hydrogen) atoms. The topological polar surface area (TPSA) is 92.9 Å². The molecule has 0 atom stereocenters. The minimum Gasteiger partial charge on any atom is -0.365 e. The first-order chi connectivity index (χ1) is 9.33. The van der Waals surface area contributed by atoms with Gasteiger partial charge in [-0.25, -0.2) is 9.97 Å². The normalized spacial score (nSPS) is 11.2. The fourth-order valence-corrected chi connectivity index (χ4v) is 1.54. The van der Waals surface area contributed by atoms with Crippen molar-refractivity contribution < 1.29 is 9.32 Å². The summed E-state index contributed by atoms with van der Waals surface area (Å²) in [7, 11) is 0. The van der Waals surface area contributed by atoms with Gasteiger partial charge in [0.25, 0.3) is 5.91 Å². The number of rotatable bonds is 3. The Morgan fingerprint density at radius 3 is 2.55 bits per heavy atom. The first-order valence-corrected chi connectivity index (χ1v) is 6.18. The van der Waals surface area contributed by atoms with Crippen molar-refractivity contribution in [3.05, 3.63) is 29.9 Å². The molecular formula is C13H17N5O2. The highest BCUT2D eigenvalue weighted by Crippen LogP contribution is 2.13. The number of aryl methyl sites for hydroxylation is 1. The molecule has 0 saturated heterocycles. The van der Waals surface area contributed by atoms with Crippen LogP contribution >= 0.6 is 0 Å². The number of carbonyl (C=O) groups is 1. The number of nitrogens with zero attached hydrogens (tertiary/aromatic N) is 3. The van der Waals surface area contributed by atoms with Gasteiger partial charge in [-0.15, -0.1) is 0 Å². The van der Waals surface area contributed by atoms with Gasteiger partial charge in [0.15, 0.2) is 5.82 Å². The van der Waals surface area contributed by atoms with Crippen LogP contribution in [0, 0.1) is 6.92 Å². The third kappa shape index (κ3) is 3.78. The van der Waals surface area contributed by atoms with Crippen molar-refractivity contribution in [2.75, 3.05) is 10.6 Å². The van der Waals surface area contributed by atoms with Crippen molar-refractivity contribution in [2.24, 2.45) is 0 Å². The first-order valence-electron chi connectivity index (χ1n) is 6.18. The van der Waals surface area contributed by atoms with Crippen LogP contribution < -0.4 is 10.6 Å². The van der Waals surface area contributed by atoms with E-state index in [9.17, 15) is 4.79 Å². The van der Waals surface area contributed by atoms with Gasteiger partial charge < -0.3 is 15.2 Å². The van der Waals surface area contributed by atoms with Gasteiger partial charge in [0.05, 0.1) is 0 Å². The fraction of sp³-hybridized carbons (Fsp3) is 0.385. The molecule has 2 aromatic rings. The fourth-order valence-electron chi connectivity index (χ4n) is 1.54. The molecule has 7 heteroatoms. The van der Waals surface area contributed by atoms with Gasteiger partial charge in [-0.3, -0.25) is 4.79 Å². The summed E-state index contributed by atoms with van der Waals surface area (Å²) in [5.41, 5.74) is 0.109. The molecule has 1 amide bonds. The molecule has 2 N–H and O–H groups in total. The molecule has 2 heterocycles. The zero-order valence-electron chi connectivity index (χ0n) is 11.9. The number of amides is 1. The number of nitrogens with one attached hydrogen (secondary N) is 2. The van der Waals surface area contributed by atoms with E-state index in [4.69, 9.17) is 4.52 Å². The molecule has 0 spiro atoms. The van der Waals surface area contributed by atoms with Crippen molar-refractivity contribution in [3.8, 4) is 0 Å². The van der Waals surface area contributed by atoms with Crippen molar-refractivity contribution in [2.45, 2.75) is 33.2 Å². The van der Waals surface area contributed by atoms with Gasteiger partial charge in [-0.2, -0.15) is 0 Å². The summed E-state index contributed by atoms with van der Waals surface area (Å²) in [6.45, 7) is 7.77. The van der Waals surface area contributed by atoms with Gasteiger partial charge in [-0.05, 0) is 27.7 Å². The maximum atomic E-state index is 12.0. The zero-order valence-corrected chi connectivity index (χ0v) is 11.9. The number of aromatic nitrogens is 3. The maximum Gasteiger partial charge on any atom is 0.275 e. The minimum absolute atomic E-state index is 0.147. The van der Waals surface area contributed by atoms with Crippen LogP contribution in [0.3, 0.4) is 0 Å². The van der Waals surface area contributed by atoms with E-state index in [2.05, 4.69) is 25.8 Å². The molecule has 106 valence electrons. The van der Waals surface area contributed by atoms with Gasteiger partial charge in [0.1, 0.15) is 23.6 Å². The Morgan fingerprint density at radius 1 is 1.20 bits per heavy atom. The Hall–Kier alpha value is -2.44. The number of hydrogen-bond donors (Lipinski definition) is 2. The van der Waals surface area contributed by atoms with Gasteiger partial charge in [-0.1, -0.05) is 5.16 Å². The lowest BCUT2D eigenvalue weighted by molar-refractivity contribution is 0.102. The molecule has 0 bridgehead atoms. The van der Waals surface area contributed by atoms with E-state index in [0.29, 0.717) is 17.4 Å². The Morgan fingerprint density at radius 2 is 1.95 bits per heavy atom. The smallest absolute Gasteiger partial charge is 0.275 e. The van der Waals surface area contributed by atoms with Crippen LogP contribution in [0.1, 0.15) is 37.0 Å². The zero-order chi connectivity index (χ0) is 14.8. The monoisotopic (exact) mass is 275 g/mol. The molecule has 7 nitrogen and oxygen atoms in total. The molecule has 0 aliphatic carbocycles. The molecule has 2 aromatic heterocycles. The lowest BCUT2D eigenvalue weighted by Gasteiger charge is -2.21. The van der Waals surface area contributed by atoms with E-state index in [-0.39, 0.29) is 17.1 Å². The second-order valence-corrected chi connectivity index (χ2v) is 5.44. The van der Waals surface area contributed by atoms with E-state index >= 15 is 0 Å². The van der Waals surface area contributed by atoms with Crippen LogP contribution in [0.15, 0.2) is 23.0 Å². The highest BCUT2D eigenvalue weighted by Gasteiger charge is 2.14. The first kappa shape index (κ1) is 14.0. The third-order valence-corrected chi connectivity index (χ3v) is 2.27. The van der Waals surface area contributed by atoms with E-state index in [1.165, 1.54) is 6.33 Å². The molecule has 0 aliphatic heterocycles. The summed E-state index contributed by atoms with van der Waals surface area (Å²) >= 11 is 0. The Bertz CT molecular complexity index is 615. The summed E-state index contributed by atoms with van der Waals surface area (Å²) in [6.07, 6.45) is 1.34. The second kappa shape index (κ2) is 5.28. The average molecular weight is 275 g/mol. The largest absolute Gasteiger partial charge is 0.365 e. The van der Waals surface area contributed by atoms with E-state index in [1.807, 2.05) is 20.8 Å². The molecular weight excluding hydrogens is 258 g/mol. The van der Waals surface area contributed by atoms with Gasteiger partial charge in [0.2, 0.25) is 0 Å². The Balaban J connectivity index is 2.12. The second-order valence-electron chi connectivity index (χ2n) is 5.44. The molecule has 0 fully saturated rings. The van der Waals surface area contributed by atoms with Crippen LogP contribution in [-0.4, -0.2) is 26.6 Å². The standard InChI is InChI=1S/C13H17N5O2/c1-8-5-11(18-20-8)16-12(19)9-6-10(15-7-14-9)17-13(2,3)4/h5-7H,1-4H3,(H,14,15,17)(H,16,18,19). The highest BCUT2D eigenvalue weighted by atomic mass is 16.5. The van der Waals surface area contributed by atoms with Crippen molar-refractivity contribution >= 4 is 17.5 Å². The third-order valence-electron chi connectivity index (χ3n) is 2.27. The number of hydrogen-bond acceptors (Lipinski definition) is 6. The van der Waals surface area contributed by atoms with Gasteiger partial charge in [0, 0.05) is 17.7 Å². The Kier molecular flexibility index (Phi) is 3.69. The quantitative estimate of drug-likeness (QED) is 0.892. The molecule has 2 rings (SSSR count). The molecule has 0 radical (unpaired) electrons. The minimum atomic E-state index is -0.363. The summed E-state index contributed by atoms with van der Waals surface area (Å²) < 4.78 is 4.88. The average Bonchev–Trinajstić information content (AvgIpc) is 2.73. The van der Waals surface area contributed by atoms with Crippen LogP contribution in [0.2, 0.25) is 0 Å². The van der Waals surface area contributed by atoms with Crippen LogP contribution in [0.5, 0.6) is 0 Å². The number of carbonyl (C=O) groups excluding carboxylic acids is 1. The lowest BCUT2D eigenvalue weighted by Crippen LogP contribution is -2.27. The maximum absolute atomic E-state index is 12.0. The summed E-state index contributed by atoms with van der Waals surface area (Å²) in [6, 6.07) is 3.22. The van der Waals surface area contributed by atoms with Crippen molar-refractivity contribution in [1.29, 1.82) is 0 Å². The lowest BCUT2D eigenvalue weighted by atomic mass is 10.1. The van der Waals surface area contributed by atoms with E-state index in [1.54, 1.807) is 19.1 Å². The molecule has 0 saturated carbocycles. The SMILES string of the molecule is Cc1cc(NC(=O)c2cc(NC(C)(C)C)ncn2)no1. The predicted octanol–water partition coefficient (Wildman–Crippen LogP) is 2.24. The van der Waals surface area contributed by atoms with E-state index in [0.717, 1.165) is 0 Å². The summed E-state index contributed by atoms with van der Waals surface area (Å²) in [5, 5.41) is 9.48. The van der Waals surface area contributed by atoms with Crippen molar-refractivity contribution in [3.63, 3.8) is 0 Å². The summed E-state index contributed by atoms with van der Waals surface area (Å²) in [4.78, 5) is 20.1. The predicted molar refractivity (Wildman–Crippen MR) is 74.6 cm³/mol. The van der Waals surface area contributed by atoms with E-state index < -0.39 is 0 Å². The van der Waals surface area contributed by atoms with Crippen LogP contribution in [0.4, 0.5) is 11.6 Å². The molecule has 0 aliphatic rings. The van der Waals surface area contributed by atoms with Crippen LogP contribution in [-0.2, 0) is 0 Å². The Labute approximate surface area is 116 Å². The van der Waals surface area contributed by atoms with Crippen molar-refractivity contribution in [1.82, 2.24) is 15.1 Å². The molecule has 0 unspecified atom stereocenters. The molecule has 0 aromatic carbocycles.